The third-order valence-electron chi connectivity index (χ3n) is 2.64. The van der Waals surface area contributed by atoms with E-state index in [0.717, 1.165) is 0 Å². The van der Waals surface area contributed by atoms with Gasteiger partial charge < -0.3 is 9.84 Å². The highest BCUT2D eigenvalue weighted by Crippen LogP contribution is 2.13. The number of hydrogen-bond acceptors (Lipinski definition) is 4. The van der Waals surface area contributed by atoms with Crippen LogP contribution in [0.3, 0.4) is 0 Å². The van der Waals surface area contributed by atoms with Crippen LogP contribution >= 0.6 is 0 Å². The zero-order valence-electron chi connectivity index (χ0n) is 11.5. The second kappa shape index (κ2) is 6.47. The van der Waals surface area contributed by atoms with Gasteiger partial charge in [-0.05, 0) is 38.5 Å². The molecule has 1 aromatic rings. The van der Waals surface area contributed by atoms with Gasteiger partial charge in [0.2, 0.25) is 10.0 Å². The van der Waals surface area contributed by atoms with Crippen LogP contribution in [0.15, 0.2) is 29.2 Å². The first-order valence-corrected chi connectivity index (χ1v) is 7.62. The average molecular weight is 287 g/mol. The zero-order chi connectivity index (χ0) is 14.5. The number of sulfonamides is 1. The molecule has 2 N–H and O–H groups in total. The van der Waals surface area contributed by atoms with E-state index in [9.17, 15) is 8.42 Å². The fraction of sp³-hybridized carbons (Fsp3) is 0.538. The number of ether oxygens (including phenoxy) is 1. The summed E-state index contributed by atoms with van der Waals surface area (Å²) in [5.74, 6) is 0. The van der Waals surface area contributed by atoms with Crippen molar-refractivity contribution in [3.05, 3.63) is 29.8 Å². The Morgan fingerprint density at radius 1 is 1.26 bits per heavy atom. The largest absolute Gasteiger partial charge is 0.392 e. The summed E-state index contributed by atoms with van der Waals surface area (Å²) in [6.07, 6.45) is 0. The van der Waals surface area contributed by atoms with E-state index in [-0.39, 0.29) is 18.0 Å². The van der Waals surface area contributed by atoms with Gasteiger partial charge in [-0.1, -0.05) is 12.1 Å². The van der Waals surface area contributed by atoms with E-state index < -0.39 is 15.6 Å². The molecule has 0 radical (unpaired) electrons. The fourth-order valence-corrected chi connectivity index (χ4v) is 2.77. The van der Waals surface area contributed by atoms with E-state index >= 15 is 0 Å². The smallest absolute Gasteiger partial charge is 0.240 e. The zero-order valence-corrected chi connectivity index (χ0v) is 12.3. The van der Waals surface area contributed by atoms with Gasteiger partial charge in [0.25, 0.3) is 0 Å². The number of nitrogens with one attached hydrogen (secondary N) is 1. The van der Waals surface area contributed by atoms with E-state index in [1.807, 2.05) is 20.8 Å². The number of rotatable bonds is 7. The van der Waals surface area contributed by atoms with Crippen molar-refractivity contribution in [2.24, 2.45) is 0 Å². The van der Waals surface area contributed by atoms with E-state index in [1.165, 1.54) is 12.1 Å². The molecule has 0 spiro atoms. The van der Waals surface area contributed by atoms with Crippen molar-refractivity contribution in [1.29, 1.82) is 0 Å². The molecule has 108 valence electrons. The second-order valence-corrected chi connectivity index (χ2v) is 6.59. The Hall–Kier alpha value is -0.950. The van der Waals surface area contributed by atoms with Crippen molar-refractivity contribution in [2.75, 3.05) is 13.2 Å². The summed E-state index contributed by atoms with van der Waals surface area (Å²) in [5, 5.41) is 8.92. The molecule has 5 nitrogen and oxygen atoms in total. The van der Waals surface area contributed by atoms with Crippen molar-refractivity contribution in [3.8, 4) is 0 Å². The summed E-state index contributed by atoms with van der Waals surface area (Å²) in [6.45, 7) is 6.14. The molecule has 19 heavy (non-hydrogen) atoms. The maximum absolute atomic E-state index is 12.1. The minimum Gasteiger partial charge on any atom is -0.392 e. The van der Waals surface area contributed by atoms with E-state index in [1.54, 1.807) is 12.1 Å². The van der Waals surface area contributed by atoms with Gasteiger partial charge in [-0.15, -0.1) is 0 Å². The molecular weight excluding hydrogens is 266 g/mol. The van der Waals surface area contributed by atoms with Crippen LogP contribution in [0.25, 0.3) is 0 Å². The monoisotopic (exact) mass is 287 g/mol. The van der Waals surface area contributed by atoms with Crippen LogP contribution < -0.4 is 4.72 Å². The van der Waals surface area contributed by atoms with Crippen molar-refractivity contribution in [3.63, 3.8) is 0 Å². The minimum atomic E-state index is -3.55. The van der Waals surface area contributed by atoms with Gasteiger partial charge in [-0.2, -0.15) is 0 Å². The Labute approximate surface area is 114 Å². The van der Waals surface area contributed by atoms with Crippen LogP contribution in [0, 0.1) is 0 Å². The molecule has 0 unspecified atom stereocenters. The lowest BCUT2D eigenvalue weighted by Gasteiger charge is -2.24. The molecule has 0 aliphatic heterocycles. The molecule has 0 bridgehead atoms. The lowest BCUT2D eigenvalue weighted by molar-refractivity contribution is -0.00515. The van der Waals surface area contributed by atoms with Gasteiger partial charge >= 0.3 is 0 Å². The van der Waals surface area contributed by atoms with E-state index in [4.69, 9.17) is 9.84 Å². The van der Waals surface area contributed by atoms with Gasteiger partial charge in [0.05, 0.1) is 17.1 Å². The van der Waals surface area contributed by atoms with Gasteiger partial charge in [0.15, 0.2) is 0 Å². The van der Waals surface area contributed by atoms with Crippen LogP contribution in [0.2, 0.25) is 0 Å². The molecule has 0 saturated heterocycles. The van der Waals surface area contributed by atoms with E-state index in [2.05, 4.69) is 4.72 Å². The average Bonchev–Trinajstić information content (AvgIpc) is 2.37. The first-order valence-electron chi connectivity index (χ1n) is 6.14. The van der Waals surface area contributed by atoms with Gasteiger partial charge in [-0.3, -0.25) is 0 Å². The summed E-state index contributed by atoms with van der Waals surface area (Å²) in [7, 11) is -3.55. The molecule has 0 heterocycles. The van der Waals surface area contributed by atoms with Crippen LogP contribution in [0.1, 0.15) is 26.3 Å². The molecule has 1 aromatic carbocycles. The summed E-state index contributed by atoms with van der Waals surface area (Å²) in [4.78, 5) is 0.178. The molecule has 0 fully saturated rings. The van der Waals surface area contributed by atoms with E-state index in [0.29, 0.717) is 12.2 Å². The van der Waals surface area contributed by atoms with Crippen molar-refractivity contribution in [2.45, 2.75) is 37.9 Å². The Kier molecular flexibility index (Phi) is 5.49. The van der Waals surface area contributed by atoms with Gasteiger partial charge in [0.1, 0.15) is 0 Å². The summed E-state index contributed by atoms with van der Waals surface area (Å²) in [6, 6.07) is 6.12. The van der Waals surface area contributed by atoms with Crippen LogP contribution in [0.5, 0.6) is 0 Å². The third kappa shape index (κ3) is 4.91. The first-order chi connectivity index (χ1) is 8.80. The first kappa shape index (κ1) is 16.1. The third-order valence-corrected chi connectivity index (χ3v) is 4.06. The highest BCUT2D eigenvalue weighted by atomic mass is 32.2. The highest BCUT2D eigenvalue weighted by molar-refractivity contribution is 7.89. The summed E-state index contributed by atoms with van der Waals surface area (Å²) in [5.41, 5.74) is 0.126. The molecule has 0 atom stereocenters. The Balaban J connectivity index is 2.75. The quantitative estimate of drug-likeness (QED) is 0.792. The van der Waals surface area contributed by atoms with Crippen LogP contribution in [0.4, 0.5) is 0 Å². The van der Waals surface area contributed by atoms with Crippen LogP contribution in [-0.2, 0) is 21.4 Å². The molecular formula is C13H21NO4S. The Morgan fingerprint density at radius 2 is 1.84 bits per heavy atom. The topological polar surface area (TPSA) is 75.6 Å². The molecule has 0 saturated carbocycles. The summed E-state index contributed by atoms with van der Waals surface area (Å²) < 4.78 is 32.1. The number of hydrogen-bond donors (Lipinski definition) is 2. The predicted molar refractivity (Wildman–Crippen MR) is 73.3 cm³/mol. The molecule has 0 aromatic heterocycles. The summed E-state index contributed by atoms with van der Waals surface area (Å²) >= 11 is 0. The SMILES string of the molecule is CCOC(C)(C)CNS(=O)(=O)c1ccc(CO)cc1. The Morgan fingerprint density at radius 3 is 2.32 bits per heavy atom. The number of benzene rings is 1. The van der Waals surface area contributed by atoms with Crippen molar-refractivity contribution in [1.82, 2.24) is 4.72 Å². The van der Waals surface area contributed by atoms with Crippen molar-refractivity contribution >= 4 is 10.0 Å². The molecule has 0 amide bonds. The highest BCUT2D eigenvalue weighted by Gasteiger charge is 2.22. The van der Waals surface area contributed by atoms with Crippen LogP contribution in [-0.4, -0.2) is 32.3 Å². The fourth-order valence-electron chi connectivity index (χ4n) is 1.57. The van der Waals surface area contributed by atoms with Crippen molar-refractivity contribution < 1.29 is 18.3 Å². The normalized spacial score (nSPS) is 12.6. The van der Waals surface area contributed by atoms with Gasteiger partial charge in [-0.25, -0.2) is 13.1 Å². The Bertz CT molecular complexity index is 494. The predicted octanol–water partition coefficient (Wildman–Crippen LogP) is 1.27. The maximum Gasteiger partial charge on any atom is 0.240 e. The lowest BCUT2D eigenvalue weighted by Crippen LogP contribution is -2.40. The standard InChI is InChI=1S/C13H21NO4S/c1-4-18-13(2,3)10-14-19(16,17)12-7-5-11(9-15)6-8-12/h5-8,14-15H,4,9-10H2,1-3H3. The molecule has 1 rings (SSSR count). The number of aliphatic hydroxyl groups is 1. The lowest BCUT2D eigenvalue weighted by atomic mass is 10.1. The number of aliphatic hydroxyl groups excluding tert-OH is 1. The minimum absolute atomic E-state index is 0.106. The van der Waals surface area contributed by atoms with Gasteiger partial charge in [0, 0.05) is 13.2 Å². The molecule has 0 aliphatic rings. The second-order valence-electron chi connectivity index (χ2n) is 4.82. The molecule has 6 heteroatoms. The molecule has 0 aliphatic carbocycles. The maximum atomic E-state index is 12.1.